The van der Waals surface area contributed by atoms with Crippen LogP contribution in [-0.2, 0) is 0 Å². The minimum atomic E-state index is 1.05. The Hall–Kier alpha value is -1.30. The molecule has 0 spiro atoms. The molecule has 0 amide bonds. The Morgan fingerprint density at radius 2 is 2.25 bits per heavy atom. The van der Waals surface area contributed by atoms with Gasteiger partial charge in [0.05, 0.1) is 0 Å². The third-order valence-corrected chi connectivity index (χ3v) is 1.89. The van der Waals surface area contributed by atoms with Crippen LogP contribution in [0, 0.1) is 12.5 Å². The average Bonchev–Trinajstić information content (AvgIpc) is 2.21. The summed E-state index contributed by atoms with van der Waals surface area (Å²) in [5.74, 6) is 0. The molecule has 0 nitrogen and oxygen atoms in total. The third-order valence-electron chi connectivity index (χ3n) is 1.89. The van der Waals surface area contributed by atoms with Crippen molar-refractivity contribution in [1.29, 1.82) is 0 Å². The van der Waals surface area contributed by atoms with Crippen LogP contribution in [-0.4, -0.2) is 0 Å². The van der Waals surface area contributed by atoms with Gasteiger partial charge >= 0.3 is 0 Å². The van der Waals surface area contributed by atoms with E-state index in [-0.39, 0.29) is 0 Å². The van der Waals surface area contributed by atoms with E-state index in [2.05, 4.69) is 36.8 Å². The normalized spacial score (nSPS) is 15.8. The molecule has 1 aliphatic rings. The molecule has 0 N–H and O–H groups in total. The third kappa shape index (κ3) is 1.48. The molecule has 0 aliphatic heterocycles. The summed E-state index contributed by atoms with van der Waals surface area (Å²) in [6, 6.07) is 11.2. The Labute approximate surface area is 73.2 Å². The first-order valence-electron chi connectivity index (χ1n) is 4.14. The van der Waals surface area contributed by atoms with Crippen molar-refractivity contribution in [3.63, 3.8) is 0 Å². The van der Waals surface area contributed by atoms with Crippen LogP contribution in [0.1, 0.15) is 12.0 Å². The van der Waals surface area contributed by atoms with Gasteiger partial charge in [0.15, 0.2) is 0 Å². The maximum absolute atomic E-state index is 3.20. The van der Waals surface area contributed by atoms with Gasteiger partial charge in [0.2, 0.25) is 0 Å². The summed E-state index contributed by atoms with van der Waals surface area (Å²) in [5.41, 5.74) is 2.42. The fraction of sp³-hybridized carbons (Fsp3) is 0.0833. The Kier molecular flexibility index (Phi) is 2.08. The Balaban J connectivity index is 2.31. The summed E-state index contributed by atoms with van der Waals surface area (Å²) >= 11 is 0. The monoisotopic (exact) mass is 154 g/mol. The van der Waals surface area contributed by atoms with Crippen LogP contribution in [0.25, 0.3) is 5.57 Å². The first-order valence-corrected chi connectivity index (χ1v) is 4.14. The van der Waals surface area contributed by atoms with Gasteiger partial charge < -0.3 is 0 Å². The fourth-order valence-electron chi connectivity index (χ4n) is 1.28. The molecule has 1 aliphatic carbocycles. The smallest absolute Gasteiger partial charge is 0.00993 e. The van der Waals surface area contributed by atoms with E-state index in [1.165, 1.54) is 11.1 Å². The van der Waals surface area contributed by atoms with E-state index in [1.807, 2.05) is 18.2 Å². The highest BCUT2D eigenvalue weighted by molar-refractivity contribution is 5.75. The van der Waals surface area contributed by atoms with E-state index in [0.29, 0.717) is 0 Å². The average molecular weight is 154 g/mol. The van der Waals surface area contributed by atoms with Crippen LogP contribution < -0.4 is 0 Å². The van der Waals surface area contributed by atoms with Gasteiger partial charge in [0, 0.05) is 0 Å². The highest BCUT2D eigenvalue weighted by Crippen LogP contribution is 2.19. The summed E-state index contributed by atoms with van der Waals surface area (Å²) < 4.78 is 0. The molecule has 1 aromatic rings. The highest BCUT2D eigenvalue weighted by Gasteiger charge is 1.99. The molecular weight excluding hydrogens is 144 g/mol. The second-order valence-corrected chi connectivity index (χ2v) is 2.77. The van der Waals surface area contributed by atoms with E-state index in [1.54, 1.807) is 0 Å². The molecule has 0 heterocycles. The molecule has 0 fully saturated rings. The lowest BCUT2D eigenvalue weighted by molar-refractivity contribution is 1.27. The molecule has 0 heteroatoms. The zero-order chi connectivity index (χ0) is 8.23. The quantitative estimate of drug-likeness (QED) is 0.583. The summed E-state index contributed by atoms with van der Waals surface area (Å²) in [7, 11) is 0. The Morgan fingerprint density at radius 3 is 2.92 bits per heavy atom. The van der Waals surface area contributed by atoms with Crippen LogP contribution in [0.5, 0.6) is 0 Å². The molecule has 0 bridgehead atoms. The van der Waals surface area contributed by atoms with Crippen LogP contribution in [0.3, 0.4) is 0 Å². The van der Waals surface area contributed by atoms with Crippen LogP contribution in [0.2, 0.25) is 0 Å². The standard InChI is InChI=1S/C12H10/c1-3-7-11(8-4-1)12-9-5-2-6-10-12/h1,3-7,9-10H,2H2. The van der Waals surface area contributed by atoms with E-state index in [0.717, 1.165) is 6.42 Å². The van der Waals surface area contributed by atoms with Gasteiger partial charge in [0.1, 0.15) is 0 Å². The first-order chi connectivity index (χ1) is 5.97. The van der Waals surface area contributed by atoms with E-state index < -0.39 is 0 Å². The van der Waals surface area contributed by atoms with Gasteiger partial charge in [-0.05, 0) is 30.0 Å². The topological polar surface area (TPSA) is 0 Å². The Morgan fingerprint density at radius 1 is 1.25 bits per heavy atom. The molecule has 58 valence electrons. The van der Waals surface area contributed by atoms with Gasteiger partial charge in [-0.15, -0.1) is 0 Å². The van der Waals surface area contributed by atoms with E-state index in [4.69, 9.17) is 0 Å². The van der Waals surface area contributed by atoms with Gasteiger partial charge in [-0.25, -0.2) is 0 Å². The van der Waals surface area contributed by atoms with Crippen LogP contribution in [0.4, 0.5) is 0 Å². The molecule has 2 rings (SSSR count). The first kappa shape index (κ1) is 7.35. The lowest BCUT2D eigenvalue weighted by Gasteiger charge is -2.05. The van der Waals surface area contributed by atoms with Crippen molar-refractivity contribution in [2.24, 2.45) is 0 Å². The zero-order valence-corrected chi connectivity index (χ0v) is 6.83. The predicted molar refractivity (Wildman–Crippen MR) is 51.3 cm³/mol. The van der Waals surface area contributed by atoms with Crippen LogP contribution >= 0.6 is 0 Å². The minimum Gasteiger partial charge on any atom is -0.0833 e. The van der Waals surface area contributed by atoms with Crippen molar-refractivity contribution < 1.29 is 0 Å². The van der Waals surface area contributed by atoms with Crippen molar-refractivity contribution in [3.05, 3.63) is 60.5 Å². The molecule has 0 unspecified atom stereocenters. The fourth-order valence-corrected chi connectivity index (χ4v) is 1.28. The van der Waals surface area contributed by atoms with E-state index >= 15 is 0 Å². The summed E-state index contributed by atoms with van der Waals surface area (Å²) in [6.07, 6.45) is 9.67. The SMILES string of the molecule is [c]1ccccc1C1=C[CH]CC=C1. The van der Waals surface area contributed by atoms with Gasteiger partial charge in [-0.3, -0.25) is 0 Å². The number of hydrogen-bond donors (Lipinski definition) is 0. The molecule has 0 atom stereocenters. The molecule has 0 aromatic heterocycles. The minimum absolute atomic E-state index is 1.05. The number of hydrogen-bond acceptors (Lipinski definition) is 0. The van der Waals surface area contributed by atoms with Gasteiger partial charge in [0.25, 0.3) is 0 Å². The molecule has 12 heavy (non-hydrogen) atoms. The van der Waals surface area contributed by atoms with Crippen molar-refractivity contribution in [2.75, 3.05) is 0 Å². The predicted octanol–water partition coefficient (Wildman–Crippen LogP) is 3.03. The molecule has 0 saturated heterocycles. The van der Waals surface area contributed by atoms with Crippen LogP contribution in [0.15, 0.2) is 42.5 Å². The Bertz CT molecular complexity index is 304. The molecule has 1 aromatic carbocycles. The molecule has 0 saturated carbocycles. The van der Waals surface area contributed by atoms with Gasteiger partial charge in [-0.2, -0.15) is 0 Å². The maximum Gasteiger partial charge on any atom is -0.00993 e. The lowest BCUT2D eigenvalue weighted by atomic mass is 10.00. The largest absolute Gasteiger partial charge is 0.0833 e. The zero-order valence-electron chi connectivity index (χ0n) is 6.83. The number of benzene rings is 1. The van der Waals surface area contributed by atoms with Crippen molar-refractivity contribution in [3.8, 4) is 0 Å². The highest BCUT2D eigenvalue weighted by atomic mass is 14.0. The van der Waals surface area contributed by atoms with Gasteiger partial charge in [-0.1, -0.05) is 42.5 Å². The summed E-state index contributed by atoms with van der Waals surface area (Å²) in [6.45, 7) is 0. The summed E-state index contributed by atoms with van der Waals surface area (Å²) in [5, 5.41) is 0. The molecule has 2 radical (unpaired) electrons. The second-order valence-electron chi connectivity index (χ2n) is 2.77. The summed E-state index contributed by atoms with van der Waals surface area (Å²) in [4.78, 5) is 0. The molecular formula is C12H10. The maximum atomic E-state index is 3.20. The van der Waals surface area contributed by atoms with E-state index in [9.17, 15) is 0 Å². The second kappa shape index (κ2) is 3.40. The number of rotatable bonds is 1. The van der Waals surface area contributed by atoms with Crippen molar-refractivity contribution in [1.82, 2.24) is 0 Å². The van der Waals surface area contributed by atoms with Crippen molar-refractivity contribution in [2.45, 2.75) is 6.42 Å². The lowest BCUT2D eigenvalue weighted by Crippen LogP contribution is -1.85. The number of allylic oxidation sites excluding steroid dienone is 4. The van der Waals surface area contributed by atoms with Crippen molar-refractivity contribution >= 4 is 5.57 Å².